The summed E-state index contributed by atoms with van der Waals surface area (Å²) >= 11 is 0. The maximum absolute atomic E-state index is 15.6. The number of fused-ring (bicyclic) bond motifs is 2. The highest BCUT2D eigenvalue weighted by molar-refractivity contribution is 5.90. The molecule has 1 saturated carbocycles. The van der Waals surface area contributed by atoms with Crippen LogP contribution in [-0.2, 0) is 6.54 Å². The third-order valence-electron chi connectivity index (χ3n) is 5.00. The summed E-state index contributed by atoms with van der Waals surface area (Å²) in [5, 5.41) is 12.2. The minimum Gasteiger partial charge on any atom is -0.479 e. The Kier molecular flexibility index (Phi) is 3.68. The number of aryl methyl sites for hydroxylation is 1. The van der Waals surface area contributed by atoms with Crippen molar-refractivity contribution < 1.29 is 13.5 Å². The van der Waals surface area contributed by atoms with Crippen molar-refractivity contribution in [3.8, 4) is 17.0 Å². The highest BCUT2D eigenvalue weighted by atomic mass is 19.1. The van der Waals surface area contributed by atoms with Crippen molar-refractivity contribution in [3.05, 3.63) is 29.7 Å². The number of nitrogens with zero attached hydrogens (tertiary/aromatic N) is 6. The molecule has 3 aromatic heterocycles. The lowest BCUT2D eigenvalue weighted by Crippen LogP contribution is -2.06. The van der Waals surface area contributed by atoms with Crippen LogP contribution in [0.4, 0.5) is 14.7 Å². The molecule has 1 aromatic carbocycles. The van der Waals surface area contributed by atoms with Crippen LogP contribution in [0.2, 0.25) is 0 Å². The standard InChI is InChI=1S/C18H17F2N7O/c1-28-17-16-13(10-4-5-11-12(8-10)26(7-6-19)25-23-11)14(20)15(9-2-3-9)27(16)24-18(21)22-17/h4-5,8-9H,2-3,6-7H2,1H3,(H2,21,24). The molecular weight excluding hydrogens is 368 g/mol. The van der Waals surface area contributed by atoms with Crippen molar-refractivity contribution in [2.45, 2.75) is 25.3 Å². The van der Waals surface area contributed by atoms with Crippen LogP contribution in [-0.4, -0.2) is 43.4 Å². The summed E-state index contributed by atoms with van der Waals surface area (Å²) in [4.78, 5) is 4.12. The second-order valence-corrected chi connectivity index (χ2v) is 6.79. The number of anilines is 1. The fraction of sp³-hybridized carbons (Fsp3) is 0.333. The van der Waals surface area contributed by atoms with Gasteiger partial charge in [-0.1, -0.05) is 11.3 Å². The largest absolute Gasteiger partial charge is 0.479 e. The normalized spacial score (nSPS) is 14.2. The van der Waals surface area contributed by atoms with Crippen molar-refractivity contribution in [1.29, 1.82) is 0 Å². The predicted molar refractivity (Wildman–Crippen MR) is 98.4 cm³/mol. The van der Waals surface area contributed by atoms with E-state index in [1.807, 2.05) is 0 Å². The number of nitrogens with two attached hydrogens (primary N) is 1. The van der Waals surface area contributed by atoms with E-state index >= 15 is 4.39 Å². The van der Waals surface area contributed by atoms with E-state index in [9.17, 15) is 4.39 Å². The van der Waals surface area contributed by atoms with E-state index in [0.717, 1.165) is 12.8 Å². The SMILES string of the molecule is COc1nc(N)nn2c(C3CC3)c(F)c(-c3ccc4nnn(CCF)c4c3)c12. The maximum Gasteiger partial charge on any atom is 0.243 e. The van der Waals surface area contributed by atoms with Gasteiger partial charge >= 0.3 is 0 Å². The molecule has 0 bridgehead atoms. The second kappa shape index (κ2) is 6.11. The number of halogens is 2. The van der Waals surface area contributed by atoms with Crippen molar-refractivity contribution in [2.24, 2.45) is 0 Å². The average molecular weight is 385 g/mol. The second-order valence-electron chi connectivity index (χ2n) is 6.79. The molecule has 1 aliphatic rings. The van der Waals surface area contributed by atoms with Gasteiger partial charge in [0, 0.05) is 5.92 Å². The summed E-state index contributed by atoms with van der Waals surface area (Å²) in [6.07, 6.45) is 1.78. The molecule has 4 aromatic rings. The molecule has 0 radical (unpaired) electrons. The van der Waals surface area contributed by atoms with Gasteiger partial charge in [0.15, 0.2) is 5.82 Å². The zero-order valence-corrected chi connectivity index (χ0v) is 15.1. The predicted octanol–water partition coefficient (Wildman–Crippen LogP) is 2.72. The van der Waals surface area contributed by atoms with Crippen LogP contribution >= 0.6 is 0 Å². The molecule has 0 aliphatic heterocycles. The monoisotopic (exact) mass is 385 g/mol. The molecule has 0 atom stereocenters. The van der Waals surface area contributed by atoms with Gasteiger partial charge in [-0.2, -0.15) is 4.98 Å². The van der Waals surface area contributed by atoms with Gasteiger partial charge in [0.2, 0.25) is 11.8 Å². The van der Waals surface area contributed by atoms with Crippen molar-refractivity contribution in [2.75, 3.05) is 19.5 Å². The van der Waals surface area contributed by atoms with E-state index in [1.165, 1.54) is 16.3 Å². The number of alkyl halides is 1. The molecule has 28 heavy (non-hydrogen) atoms. The molecule has 2 N–H and O–H groups in total. The first-order valence-electron chi connectivity index (χ1n) is 8.93. The minimum absolute atomic E-state index is 0.00785. The Morgan fingerprint density at radius 1 is 1.32 bits per heavy atom. The molecular formula is C18H17F2N7O. The topological polar surface area (TPSA) is 96.2 Å². The van der Waals surface area contributed by atoms with Crippen molar-refractivity contribution in [3.63, 3.8) is 0 Å². The highest BCUT2D eigenvalue weighted by Crippen LogP contribution is 2.46. The lowest BCUT2D eigenvalue weighted by Gasteiger charge is -2.07. The quantitative estimate of drug-likeness (QED) is 0.567. The van der Waals surface area contributed by atoms with Gasteiger partial charge in [-0.3, -0.25) is 0 Å². The molecule has 0 amide bonds. The summed E-state index contributed by atoms with van der Waals surface area (Å²) in [6.45, 7) is -0.492. The number of hydrogen-bond acceptors (Lipinski definition) is 6. The molecule has 3 heterocycles. The Labute approximate surface area is 157 Å². The molecule has 0 saturated heterocycles. The fourth-order valence-corrected chi connectivity index (χ4v) is 3.62. The Morgan fingerprint density at radius 3 is 2.86 bits per heavy atom. The van der Waals surface area contributed by atoms with Crippen LogP contribution in [0.1, 0.15) is 24.5 Å². The van der Waals surface area contributed by atoms with Gasteiger partial charge in [0.1, 0.15) is 17.7 Å². The van der Waals surface area contributed by atoms with Gasteiger partial charge in [-0.05, 0) is 30.5 Å². The van der Waals surface area contributed by atoms with E-state index in [4.69, 9.17) is 10.5 Å². The van der Waals surface area contributed by atoms with Gasteiger partial charge in [-0.25, -0.2) is 18.0 Å². The van der Waals surface area contributed by atoms with Gasteiger partial charge < -0.3 is 10.5 Å². The fourth-order valence-electron chi connectivity index (χ4n) is 3.62. The number of ether oxygens (including phenoxy) is 1. The molecule has 8 nitrogen and oxygen atoms in total. The third kappa shape index (κ3) is 2.40. The third-order valence-corrected chi connectivity index (χ3v) is 5.00. The van der Waals surface area contributed by atoms with Crippen LogP contribution in [0.15, 0.2) is 18.2 Å². The highest BCUT2D eigenvalue weighted by Gasteiger charge is 2.35. The van der Waals surface area contributed by atoms with Crippen LogP contribution in [0.25, 0.3) is 27.7 Å². The maximum atomic E-state index is 15.6. The van der Waals surface area contributed by atoms with Gasteiger partial charge in [0.05, 0.1) is 30.4 Å². The molecule has 10 heteroatoms. The number of methoxy groups -OCH3 is 1. The Bertz CT molecular complexity index is 1210. The molecule has 1 fully saturated rings. The van der Waals surface area contributed by atoms with Crippen LogP contribution in [0, 0.1) is 5.82 Å². The average Bonchev–Trinajstić information content (AvgIpc) is 3.37. The number of hydrogen-bond donors (Lipinski definition) is 1. The molecule has 1 aliphatic carbocycles. The summed E-state index contributed by atoms with van der Waals surface area (Å²) in [6, 6.07) is 5.23. The summed E-state index contributed by atoms with van der Waals surface area (Å²) in [7, 11) is 1.46. The Hall–Kier alpha value is -3.30. The van der Waals surface area contributed by atoms with E-state index in [2.05, 4.69) is 20.4 Å². The molecule has 5 rings (SSSR count). The van der Waals surface area contributed by atoms with Gasteiger partial charge in [-0.15, -0.1) is 10.2 Å². The Balaban J connectivity index is 1.82. The van der Waals surface area contributed by atoms with Crippen LogP contribution < -0.4 is 10.5 Å². The first-order chi connectivity index (χ1) is 13.6. The summed E-state index contributed by atoms with van der Waals surface area (Å²) < 4.78 is 36.8. The summed E-state index contributed by atoms with van der Waals surface area (Å²) in [5.74, 6) is -0.0791. The lowest BCUT2D eigenvalue weighted by molar-refractivity contribution is 0.400. The minimum atomic E-state index is -0.570. The zero-order valence-electron chi connectivity index (χ0n) is 15.1. The number of aromatic nitrogens is 6. The van der Waals surface area contributed by atoms with Gasteiger partial charge in [0.25, 0.3) is 0 Å². The lowest BCUT2D eigenvalue weighted by atomic mass is 10.0. The Morgan fingerprint density at radius 2 is 2.14 bits per heavy atom. The van der Waals surface area contributed by atoms with Crippen molar-refractivity contribution >= 4 is 22.5 Å². The number of nitrogen functional groups attached to an aromatic ring is 1. The van der Waals surface area contributed by atoms with E-state index in [0.29, 0.717) is 33.4 Å². The molecule has 0 spiro atoms. The molecule has 0 unspecified atom stereocenters. The zero-order chi connectivity index (χ0) is 19.4. The first-order valence-corrected chi connectivity index (χ1v) is 8.93. The van der Waals surface area contributed by atoms with Crippen LogP contribution in [0.5, 0.6) is 5.88 Å². The smallest absolute Gasteiger partial charge is 0.243 e. The first kappa shape index (κ1) is 16.8. The van der Waals surface area contributed by atoms with Crippen LogP contribution in [0.3, 0.4) is 0 Å². The number of benzene rings is 1. The van der Waals surface area contributed by atoms with E-state index < -0.39 is 6.67 Å². The van der Waals surface area contributed by atoms with Crippen molar-refractivity contribution in [1.82, 2.24) is 29.6 Å². The summed E-state index contributed by atoms with van der Waals surface area (Å²) in [5.41, 5.74) is 8.84. The number of rotatable bonds is 5. The molecule has 144 valence electrons. The van der Waals surface area contributed by atoms with E-state index in [1.54, 1.807) is 18.2 Å². The van der Waals surface area contributed by atoms with E-state index in [-0.39, 0.29) is 30.1 Å².